The zero-order valence-corrected chi connectivity index (χ0v) is 11.1. The fraction of sp³-hybridized carbons (Fsp3) is 0.200. The van der Waals surface area contributed by atoms with Crippen molar-refractivity contribution in [2.24, 2.45) is 5.73 Å². The van der Waals surface area contributed by atoms with Gasteiger partial charge in [-0.3, -0.25) is 0 Å². The first kappa shape index (κ1) is 14.4. The Morgan fingerprint density at radius 2 is 1.75 bits per heavy atom. The minimum atomic E-state index is -1.04. The van der Waals surface area contributed by atoms with E-state index in [2.05, 4.69) is 0 Å². The fourth-order valence-electron chi connectivity index (χ4n) is 2.01. The van der Waals surface area contributed by atoms with Gasteiger partial charge in [-0.25, -0.2) is 13.2 Å². The van der Waals surface area contributed by atoms with E-state index in [4.69, 9.17) is 10.5 Å². The van der Waals surface area contributed by atoms with Crippen molar-refractivity contribution in [3.05, 3.63) is 64.5 Å². The van der Waals surface area contributed by atoms with Crippen molar-refractivity contribution in [1.29, 1.82) is 0 Å². The minimum absolute atomic E-state index is 0.0252. The van der Waals surface area contributed by atoms with E-state index in [-0.39, 0.29) is 22.4 Å². The van der Waals surface area contributed by atoms with Crippen molar-refractivity contribution in [2.45, 2.75) is 13.0 Å². The van der Waals surface area contributed by atoms with Crippen LogP contribution in [0.2, 0.25) is 0 Å². The van der Waals surface area contributed by atoms with Gasteiger partial charge in [0.15, 0.2) is 11.6 Å². The average Bonchev–Trinajstić information content (AvgIpc) is 2.42. The van der Waals surface area contributed by atoms with E-state index in [0.717, 1.165) is 6.07 Å². The van der Waals surface area contributed by atoms with Gasteiger partial charge in [-0.05, 0) is 24.6 Å². The maximum absolute atomic E-state index is 14.1. The molecule has 1 atom stereocenters. The Hall–Kier alpha value is -2.01. The van der Waals surface area contributed by atoms with Gasteiger partial charge in [-0.1, -0.05) is 12.1 Å². The van der Waals surface area contributed by atoms with Crippen molar-refractivity contribution in [3.8, 4) is 5.75 Å². The molecule has 20 heavy (non-hydrogen) atoms. The predicted molar refractivity (Wildman–Crippen MR) is 70.1 cm³/mol. The zero-order chi connectivity index (χ0) is 14.9. The van der Waals surface area contributed by atoms with Crippen molar-refractivity contribution >= 4 is 0 Å². The standard InChI is InChI=1S/C15H14F3NO/c1-8-6-10(12(17)7-11(8)16)15(19)9-4-3-5-13(20-2)14(9)18/h3-7,15H,19H2,1-2H3. The molecule has 5 heteroatoms. The molecule has 0 spiro atoms. The Labute approximate surface area is 115 Å². The summed E-state index contributed by atoms with van der Waals surface area (Å²) in [5.74, 6) is -2.09. The van der Waals surface area contributed by atoms with E-state index in [1.165, 1.54) is 32.2 Å². The lowest BCUT2D eigenvalue weighted by molar-refractivity contribution is 0.383. The molecule has 0 amide bonds. The molecule has 0 radical (unpaired) electrons. The molecule has 1 unspecified atom stereocenters. The Morgan fingerprint density at radius 3 is 2.40 bits per heavy atom. The second-order valence-corrected chi connectivity index (χ2v) is 4.46. The van der Waals surface area contributed by atoms with Gasteiger partial charge in [0.05, 0.1) is 13.2 Å². The van der Waals surface area contributed by atoms with Crippen LogP contribution in [0, 0.1) is 24.4 Å². The molecule has 2 aromatic rings. The van der Waals surface area contributed by atoms with E-state index < -0.39 is 23.5 Å². The maximum Gasteiger partial charge on any atom is 0.170 e. The van der Waals surface area contributed by atoms with Crippen LogP contribution in [0.3, 0.4) is 0 Å². The van der Waals surface area contributed by atoms with Gasteiger partial charge in [-0.2, -0.15) is 0 Å². The largest absolute Gasteiger partial charge is 0.494 e. The minimum Gasteiger partial charge on any atom is -0.494 e. The van der Waals surface area contributed by atoms with E-state index in [1.807, 2.05) is 0 Å². The molecule has 0 saturated carbocycles. The molecule has 2 rings (SSSR count). The summed E-state index contributed by atoms with van der Waals surface area (Å²) in [6.07, 6.45) is 0. The number of ether oxygens (including phenoxy) is 1. The molecule has 0 saturated heterocycles. The average molecular weight is 281 g/mol. The van der Waals surface area contributed by atoms with Crippen LogP contribution in [-0.4, -0.2) is 7.11 Å². The molecule has 0 aliphatic rings. The number of benzene rings is 2. The fourth-order valence-corrected chi connectivity index (χ4v) is 2.01. The molecule has 0 aliphatic carbocycles. The molecular weight excluding hydrogens is 267 g/mol. The zero-order valence-electron chi connectivity index (χ0n) is 11.1. The van der Waals surface area contributed by atoms with Crippen LogP contribution in [0.25, 0.3) is 0 Å². The number of nitrogens with two attached hydrogens (primary N) is 1. The summed E-state index contributed by atoms with van der Waals surface area (Å²) < 4.78 is 46.0. The Balaban J connectivity index is 2.52. The Kier molecular flexibility index (Phi) is 3.99. The highest BCUT2D eigenvalue weighted by molar-refractivity contribution is 5.39. The third kappa shape index (κ3) is 2.49. The second kappa shape index (κ2) is 5.54. The van der Waals surface area contributed by atoms with Crippen molar-refractivity contribution < 1.29 is 17.9 Å². The lowest BCUT2D eigenvalue weighted by Crippen LogP contribution is -2.16. The number of methoxy groups -OCH3 is 1. The summed E-state index contributed by atoms with van der Waals surface area (Å²) in [7, 11) is 1.33. The van der Waals surface area contributed by atoms with E-state index in [9.17, 15) is 13.2 Å². The van der Waals surface area contributed by atoms with Gasteiger partial charge in [0.1, 0.15) is 11.6 Å². The number of hydrogen-bond donors (Lipinski definition) is 1. The monoisotopic (exact) mass is 281 g/mol. The highest BCUT2D eigenvalue weighted by Crippen LogP contribution is 2.29. The maximum atomic E-state index is 14.1. The molecule has 2 nitrogen and oxygen atoms in total. The summed E-state index contributed by atoms with van der Waals surface area (Å²) in [5, 5.41) is 0. The molecule has 0 bridgehead atoms. The lowest BCUT2D eigenvalue weighted by atomic mass is 9.96. The third-order valence-corrected chi connectivity index (χ3v) is 3.16. The third-order valence-electron chi connectivity index (χ3n) is 3.16. The van der Waals surface area contributed by atoms with Gasteiger partial charge in [-0.15, -0.1) is 0 Å². The lowest BCUT2D eigenvalue weighted by Gasteiger charge is -2.16. The van der Waals surface area contributed by atoms with Crippen LogP contribution >= 0.6 is 0 Å². The number of aryl methyl sites for hydroxylation is 1. The predicted octanol–water partition coefficient (Wildman–Crippen LogP) is 3.47. The summed E-state index contributed by atoms with van der Waals surface area (Å²) in [4.78, 5) is 0. The number of hydrogen-bond acceptors (Lipinski definition) is 2. The molecule has 0 aliphatic heterocycles. The van der Waals surface area contributed by atoms with Crippen molar-refractivity contribution in [3.63, 3.8) is 0 Å². The normalized spacial score (nSPS) is 12.3. The summed E-state index contributed by atoms with van der Waals surface area (Å²) in [5.41, 5.74) is 6.28. The smallest absolute Gasteiger partial charge is 0.170 e. The molecule has 106 valence electrons. The first-order chi connectivity index (χ1) is 9.45. The van der Waals surface area contributed by atoms with Crippen LogP contribution in [0.15, 0.2) is 30.3 Å². The first-order valence-electron chi connectivity index (χ1n) is 5.99. The summed E-state index contributed by atoms with van der Waals surface area (Å²) >= 11 is 0. The van der Waals surface area contributed by atoms with Crippen LogP contribution in [0.5, 0.6) is 5.75 Å². The first-order valence-corrected chi connectivity index (χ1v) is 5.99. The van der Waals surface area contributed by atoms with E-state index >= 15 is 0 Å². The second-order valence-electron chi connectivity index (χ2n) is 4.46. The van der Waals surface area contributed by atoms with Gasteiger partial charge in [0.25, 0.3) is 0 Å². The quantitative estimate of drug-likeness (QED) is 0.935. The van der Waals surface area contributed by atoms with Crippen LogP contribution in [-0.2, 0) is 0 Å². The molecular formula is C15H14F3NO. The molecule has 0 fully saturated rings. The van der Waals surface area contributed by atoms with Gasteiger partial charge in [0, 0.05) is 17.2 Å². The van der Waals surface area contributed by atoms with E-state index in [0.29, 0.717) is 0 Å². The number of rotatable bonds is 3. The molecule has 2 N–H and O–H groups in total. The topological polar surface area (TPSA) is 35.2 Å². The Bertz CT molecular complexity index is 643. The highest BCUT2D eigenvalue weighted by Gasteiger charge is 2.20. The van der Waals surface area contributed by atoms with Crippen molar-refractivity contribution in [1.82, 2.24) is 0 Å². The van der Waals surface area contributed by atoms with Gasteiger partial charge < -0.3 is 10.5 Å². The summed E-state index contributed by atoms with van der Waals surface area (Å²) in [6.45, 7) is 1.49. The SMILES string of the molecule is COc1cccc(C(N)c2cc(C)c(F)cc2F)c1F. The van der Waals surface area contributed by atoms with Crippen LogP contribution in [0.4, 0.5) is 13.2 Å². The number of halogens is 3. The van der Waals surface area contributed by atoms with E-state index in [1.54, 1.807) is 6.07 Å². The Morgan fingerprint density at radius 1 is 1.05 bits per heavy atom. The van der Waals surface area contributed by atoms with Crippen LogP contribution in [0.1, 0.15) is 22.7 Å². The van der Waals surface area contributed by atoms with Gasteiger partial charge >= 0.3 is 0 Å². The molecule has 2 aromatic carbocycles. The van der Waals surface area contributed by atoms with Crippen molar-refractivity contribution in [2.75, 3.05) is 7.11 Å². The molecule has 0 heterocycles. The van der Waals surface area contributed by atoms with Crippen LogP contribution < -0.4 is 10.5 Å². The highest BCUT2D eigenvalue weighted by atomic mass is 19.1. The summed E-state index contributed by atoms with van der Waals surface area (Å²) in [6, 6.07) is 5.45. The van der Waals surface area contributed by atoms with Gasteiger partial charge in [0.2, 0.25) is 0 Å². The molecule has 0 aromatic heterocycles.